The lowest BCUT2D eigenvalue weighted by Crippen LogP contribution is -2.37. The van der Waals surface area contributed by atoms with Crippen LogP contribution in [-0.4, -0.2) is 36.9 Å². The summed E-state index contributed by atoms with van der Waals surface area (Å²) in [6, 6.07) is 15.0. The topological polar surface area (TPSA) is 58.6 Å². The van der Waals surface area contributed by atoms with Crippen LogP contribution >= 0.6 is 0 Å². The van der Waals surface area contributed by atoms with Crippen molar-refractivity contribution in [2.24, 2.45) is 0 Å². The van der Waals surface area contributed by atoms with Crippen molar-refractivity contribution in [3.8, 4) is 5.75 Å². The summed E-state index contributed by atoms with van der Waals surface area (Å²) in [7, 11) is 1.59. The van der Waals surface area contributed by atoms with E-state index in [0.29, 0.717) is 17.4 Å². The molecule has 0 spiro atoms. The normalized spacial score (nSPS) is 10.5. The fraction of sp³-hybridized carbons (Fsp3) is 0.333. The van der Waals surface area contributed by atoms with Gasteiger partial charge in [0.05, 0.1) is 6.54 Å². The van der Waals surface area contributed by atoms with Crippen LogP contribution in [0.5, 0.6) is 5.75 Å². The van der Waals surface area contributed by atoms with E-state index in [4.69, 9.17) is 4.74 Å². The van der Waals surface area contributed by atoms with Crippen molar-refractivity contribution in [1.82, 2.24) is 4.90 Å². The number of rotatable bonds is 7. The number of amides is 2. The molecule has 5 nitrogen and oxygen atoms in total. The highest BCUT2D eigenvalue weighted by Gasteiger charge is 2.14. The number of ether oxygens (including phenoxy) is 1. The summed E-state index contributed by atoms with van der Waals surface area (Å²) in [5.74, 6) is 0.602. The minimum atomic E-state index is -0.251. The number of anilines is 1. The van der Waals surface area contributed by atoms with Crippen molar-refractivity contribution in [2.45, 2.75) is 26.7 Å². The SMILES string of the molecule is Cc1cc(OCC(=O)N(C)CC(=O)Nc2ccccc2)ccc1C(C)C. The van der Waals surface area contributed by atoms with Crippen molar-refractivity contribution >= 4 is 17.5 Å². The second kappa shape index (κ2) is 9.04. The van der Waals surface area contributed by atoms with Crippen LogP contribution in [0.1, 0.15) is 30.9 Å². The Kier molecular flexibility index (Phi) is 6.78. The van der Waals surface area contributed by atoms with Gasteiger partial charge in [0.2, 0.25) is 5.91 Å². The van der Waals surface area contributed by atoms with E-state index in [1.54, 1.807) is 19.2 Å². The fourth-order valence-electron chi connectivity index (χ4n) is 2.67. The Balaban J connectivity index is 1.83. The van der Waals surface area contributed by atoms with Gasteiger partial charge in [-0.05, 0) is 48.2 Å². The lowest BCUT2D eigenvalue weighted by Gasteiger charge is -2.18. The third kappa shape index (κ3) is 5.62. The van der Waals surface area contributed by atoms with E-state index in [0.717, 1.165) is 5.56 Å². The van der Waals surface area contributed by atoms with Gasteiger partial charge in [-0.15, -0.1) is 0 Å². The molecule has 0 saturated carbocycles. The molecule has 0 aliphatic rings. The van der Waals surface area contributed by atoms with Crippen molar-refractivity contribution in [3.63, 3.8) is 0 Å². The molecule has 5 heteroatoms. The highest BCUT2D eigenvalue weighted by molar-refractivity contribution is 5.94. The van der Waals surface area contributed by atoms with E-state index in [9.17, 15) is 9.59 Å². The maximum atomic E-state index is 12.2. The third-order valence-corrected chi connectivity index (χ3v) is 4.09. The van der Waals surface area contributed by atoms with Crippen LogP contribution in [0.15, 0.2) is 48.5 Å². The molecule has 2 aromatic carbocycles. The minimum absolute atomic E-state index is 0.0254. The van der Waals surface area contributed by atoms with Gasteiger partial charge in [0, 0.05) is 12.7 Å². The molecule has 0 aromatic heterocycles. The molecular formula is C21H26N2O3. The number of carbonyl (C=O) groups excluding carboxylic acids is 2. The summed E-state index contributed by atoms with van der Waals surface area (Å²) in [5.41, 5.74) is 3.11. The molecule has 0 unspecified atom stereocenters. The Morgan fingerprint density at radius 3 is 2.42 bits per heavy atom. The first-order valence-electron chi connectivity index (χ1n) is 8.69. The van der Waals surface area contributed by atoms with Gasteiger partial charge in [-0.25, -0.2) is 0 Å². The van der Waals surface area contributed by atoms with Crippen LogP contribution in [0.2, 0.25) is 0 Å². The summed E-state index contributed by atoms with van der Waals surface area (Å²) in [6.45, 7) is 6.19. The van der Waals surface area contributed by atoms with Crippen LogP contribution in [0.25, 0.3) is 0 Å². The predicted molar refractivity (Wildman–Crippen MR) is 103 cm³/mol. The highest BCUT2D eigenvalue weighted by atomic mass is 16.5. The molecular weight excluding hydrogens is 328 g/mol. The molecule has 0 aliphatic heterocycles. The van der Waals surface area contributed by atoms with Gasteiger partial charge in [0.15, 0.2) is 6.61 Å². The molecule has 138 valence electrons. The van der Waals surface area contributed by atoms with Gasteiger partial charge < -0.3 is 15.0 Å². The smallest absolute Gasteiger partial charge is 0.260 e. The van der Waals surface area contributed by atoms with Gasteiger partial charge in [0.25, 0.3) is 5.91 Å². The van der Waals surface area contributed by atoms with E-state index < -0.39 is 0 Å². The van der Waals surface area contributed by atoms with Gasteiger partial charge in [0.1, 0.15) is 5.75 Å². The Bertz CT molecular complexity index is 757. The largest absolute Gasteiger partial charge is 0.484 e. The number of para-hydroxylation sites is 1. The monoisotopic (exact) mass is 354 g/mol. The summed E-state index contributed by atoms with van der Waals surface area (Å²) in [6.07, 6.45) is 0. The lowest BCUT2D eigenvalue weighted by molar-refractivity contribution is -0.135. The lowest BCUT2D eigenvalue weighted by atomic mass is 9.98. The zero-order valence-electron chi connectivity index (χ0n) is 15.8. The number of carbonyl (C=O) groups is 2. The first kappa shape index (κ1) is 19.5. The molecule has 1 N–H and O–H groups in total. The van der Waals surface area contributed by atoms with E-state index in [2.05, 4.69) is 19.2 Å². The van der Waals surface area contributed by atoms with Crippen LogP contribution in [0, 0.1) is 6.92 Å². The summed E-state index contributed by atoms with van der Waals surface area (Å²) >= 11 is 0. The van der Waals surface area contributed by atoms with E-state index in [1.165, 1.54) is 10.5 Å². The fourth-order valence-corrected chi connectivity index (χ4v) is 2.67. The Morgan fingerprint density at radius 1 is 1.12 bits per heavy atom. The molecule has 0 fully saturated rings. The van der Waals surface area contributed by atoms with Gasteiger partial charge >= 0.3 is 0 Å². The summed E-state index contributed by atoms with van der Waals surface area (Å²) in [4.78, 5) is 25.5. The highest BCUT2D eigenvalue weighted by Crippen LogP contribution is 2.23. The Hall–Kier alpha value is -2.82. The number of benzene rings is 2. The molecule has 2 rings (SSSR count). The Morgan fingerprint density at radius 2 is 1.81 bits per heavy atom. The first-order valence-corrected chi connectivity index (χ1v) is 8.69. The number of nitrogens with zero attached hydrogens (tertiary/aromatic N) is 1. The van der Waals surface area contributed by atoms with Crippen LogP contribution < -0.4 is 10.1 Å². The maximum absolute atomic E-state index is 12.2. The summed E-state index contributed by atoms with van der Waals surface area (Å²) < 4.78 is 5.58. The molecule has 2 aromatic rings. The molecule has 0 radical (unpaired) electrons. The number of hydrogen-bond donors (Lipinski definition) is 1. The molecule has 0 saturated heterocycles. The predicted octanol–water partition coefficient (Wildman–Crippen LogP) is 3.59. The zero-order valence-corrected chi connectivity index (χ0v) is 15.8. The Labute approximate surface area is 155 Å². The molecule has 0 aliphatic carbocycles. The maximum Gasteiger partial charge on any atom is 0.260 e. The zero-order chi connectivity index (χ0) is 19.1. The van der Waals surface area contributed by atoms with Gasteiger partial charge in [-0.3, -0.25) is 9.59 Å². The molecule has 0 heterocycles. The van der Waals surface area contributed by atoms with Crippen molar-refractivity contribution in [3.05, 3.63) is 59.7 Å². The van der Waals surface area contributed by atoms with Crippen LogP contribution in [-0.2, 0) is 9.59 Å². The second-order valence-corrected chi connectivity index (χ2v) is 6.63. The standard InChI is InChI=1S/C21H26N2O3/c1-15(2)19-11-10-18(12-16(19)3)26-14-21(25)23(4)13-20(24)22-17-8-6-5-7-9-17/h5-12,15H,13-14H2,1-4H3,(H,22,24). The average Bonchev–Trinajstić information content (AvgIpc) is 2.60. The quantitative estimate of drug-likeness (QED) is 0.826. The average molecular weight is 354 g/mol. The first-order chi connectivity index (χ1) is 12.4. The summed E-state index contributed by atoms with van der Waals surface area (Å²) in [5, 5.41) is 2.75. The van der Waals surface area contributed by atoms with E-state index in [-0.39, 0.29) is 25.0 Å². The third-order valence-electron chi connectivity index (χ3n) is 4.09. The second-order valence-electron chi connectivity index (χ2n) is 6.63. The molecule has 0 bridgehead atoms. The number of nitrogens with one attached hydrogen (secondary N) is 1. The minimum Gasteiger partial charge on any atom is -0.484 e. The molecule has 26 heavy (non-hydrogen) atoms. The molecule has 0 atom stereocenters. The number of aryl methyl sites for hydroxylation is 1. The van der Waals surface area contributed by atoms with Crippen molar-refractivity contribution in [1.29, 1.82) is 0 Å². The number of hydrogen-bond acceptors (Lipinski definition) is 3. The van der Waals surface area contributed by atoms with E-state index in [1.807, 2.05) is 43.3 Å². The molecule has 2 amide bonds. The number of likely N-dealkylation sites (N-methyl/N-ethyl adjacent to an activating group) is 1. The van der Waals surface area contributed by atoms with E-state index >= 15 is 0 Å². The van der Waals surface area contributed by atoms with Crippen LogP contribution in [0.4, 0.5) is 5.69 Å². The van der Waals surface area contributed by atoms with Crippen LogP contribution in [0.3, 0.4) is 0 Å². The van der Waals surface area contributed by atoms with Crippen molar-refractivity contribution < 1.29 is 14.3 Å². The van der Waals surface area contributed by atoms with Gasteiger partial charge in [-0.1, -0.05) is 38.1 Å². The van der Waals surface area contributed by atoms with Gasteiger partial charge in [-0.2, -0.15) is 0 Å². The van der Waals surface area contributed by atoms with Crippen molar-refractivity contribution in [2.75, 3.05) is 25.5 Å².